The van der Waals surface area contributed by atoms with Gasteiger partial charge in [-0.3, -0.25) is 9.59 Å². The van der Waals surface area contributed by atoms with E-state index in [1.807, 2.05) is 72.7 Å². The minimum atomic E-state index is -0.855. The first-order valence-corrected chi connectivity index (χ1v) is 13.2. The van der Waals surface area contributed by atoms with Gasteiger partial charge >= 0.3 is 6.09 Å². The van der Waals surface area contributed by atoms with Crippen LogP contribution in [0.15, 0.2) is 24.3 Å². The third kappa shape index (κ3) is 10.2. The van der Waals surface area contributed by atoms with Crippen molar-refractivity contribution < 1.29 is 19.1 Å². The summed E-state index contributed by atoms with van der Waals surface area (Å²) in [5.74, 6) is -0.413. The standard InChI is InChI=1S/C29H49N3O4/c1-12-14-21(5)30-25(33)24(22-16-13-15-20(4)18-22)32(28(6,7)8)26(34)23(17-19(2)3)31-27(35)36-29(9,10)11/h13,15-16,18-19,21,23-24H,12,14,17H2,1-11H3,(H,30,33)(H,31,35). The summed E-state index contributed by atoms with van der Waals surface area (Å²) in [7, 11) is 0. The second-order valence-corrected chi connectivity index (χ2v) is 12.2. The third-order valence-electron chi connectivity index (χ3n) is 5.63. The van der Waals surface area contributed by atoms with Gasteiger partial charge in [-0.25, -0.2) is 4.79 Å². The molecule has 0 bridgehead atoms. The van der Waals surface area contributed by atoms with Crippen LogP contribution in [-0.2, 0) is 14.3 Å². The smallest absolute Gasteiger partial charge is 0.408 e. The van der Waals surface area contributed by atoms with Crippen molar-refractivity contribution in [2.75, 3.05) is 0 Å². The Kier molecular flexibility index (Phi) is 11.5. The molecule has 1 aromatic rings. The van der Waals surface area contributed by atoms with Crippen LogP contribution in [0.25, 0.3) is 0 Å². The van der Waals surface area contributed by atoms with Crippen molar-refractivity contribution >= 4 is 17.9 Å². The van der Waals surface area contributed by atoms with E-state index in [2.05, 4.69) is 17.6 Å². The number of aryl methyl sites for hydroxylation is 1. The van der Waals surface area contributed by atoms with Crippen LogP contribution in [0.5, 0.6) is 0 Å². The molecule has 1 aromatic carbocycles. The number of nitrogens with zero attached hydrogens (tertiary/aromatic N) is 1. The van der Waals surface area contributed by atoms with E-state index in [1.54, 1.807) is 25.7 Å². The zero-order chi connectivity index (χ0) is 27.8. The molecule has 3 atom stereocenters. The van der Waals surface area contributed by atoms with Crippen LogP contribution in [0, 0.1) is 12.8 Å². The second-order valence-electron chi connectivity index (χ2n) is 12.2. The molecule has 0 aromatic heterocycles. The van der Waals surface area contributed by atoms with E-state index in [-0.39, 0.29) is 23.8 Å². The average molecular weight is 504 g/mol. The summed E-state index contributed by atoms with van der Waals surface area (Å²) in [6.45, 7) is 21.1. The van der Waals surface area contributed by atoms with Crippen molar-refractivity contribution in [1.82, 2.24) is 15.5 Å². The van der Waals surface area contributed by atoms with Crippen LogP contribution in [-0.4, -0.2) is 46.0 Å². The Morgan fingerprint density at radius 2 is 1.61 bits per heavy atom. The van der Waals surface area contributed by atoms with Gasteiger partial charge < -0.3 is 20.3 Å². The van der Waals surface area contributed by atoms with Crippen molar-refractivity contribution in [3.05, 3.63) is 35.4 Å². The van der Waals surface area contributed by atoms with Gasteiger partial charge in [0.15, 0.2) is 0 Å². The molecule has 1 rings (SSSR count). The number of ether oxygens (including phenoxy) is 1. The minimum Gasteiger partial charge on any atom is -0.444 e. The maximum absolute atomic E-state index is 14.2. The molecular weight excluding hydrogens is 454 g/mol. The van der Waals surface area contributed by atoms with Gasteiger partial charge in [-0.1, -0.05) is 57.0 Å². The molecule has 204 valence electrons. The molecule has 0 saturated carbocycles. The predicted molar refractivity (Wildman–Crippen MR) is 146 cm³/mol. The number of alkyl carbamates (subject to hydrolysis) is 1. The molecule has 0 aliphatic carbocycles. The summed E-state index contributed by atoms with van der Waals surface area (Å²) >= 11 is 0. The highest BCUT2D eigenvalue weighted by molar-refractivity contribution is 5.92. The summed E-state index contributed by atoms with van der Waals surface area (Å²) in [5.41, 5.74) is 0.333. The molecule has 0 saturated heterocycles. The summed E-state index contributed by atoms with van der Waals surface area (Å²) < 4.78 is 5.45. The van der Waals surface area contributed by atoms with Crippen molar-refractivity contribution in [1.29, 1.82) is 0 Å². The zero-order valence-corrected chi connectivity index (χ0v) is 24.3. The highest BCUT2D eigenvalue weighted by atomic mass is 16.6. The number of carbonyl (C=O) groups excluding carboxylic acids is 3. The Balaban J connectivity index is 3.56. The first kappa shape index (κ1) is 31.5. The van der Waals surface area contributed by atoms with Crippen molar-refractivity contribution in [2.45, 2.75) is 125 Å². The van der Waals surface area contributed by atoms with Gasteiger partial charge in [-0.05, 0) is 79.7 Å². The van der Waals surface area contributed by atoms with Gasteiger partial charge in [0.05, 0.1) is 0 Å². The Bertz CT molecular complexity index is 883. The predicted octanol–water partition coefficient (Wildman–Crippen LogP) is 5.91. The molecule has 36 heavy (non-hydrogen) atoms. The molecule has 2 N–H and O–H groups in total. The lowest BCUT2D eigenvalue weighted by Gasteiger charge is -2.43. The van der Waals surface area contributed by atoms with Crippen LogP contribution in [0.3, 0.4) is 0 Å². The molecule has 0 aliphatic rings. The summed E-state index contributed by atoms with van der Waals surface area (Å²) in [6.07, 6.45) is 1.54. The van der Waals surface area contributed by atoms with Crippen molar-refractivity contribution in [3.63, 3.8) is 0 Å². The lowest BCUT2D eigenvalue weighted by molar-refractivity contribution is -0.149. The Morgan fingerprint density at radius 3 is 2.08 bits per heavy atom. The fourth-order valence-electron chi connectivity index (χ4n) is 4.24. The van der Waals surface area contributed by atoms with Gasteiger partial charge in [0.1, 0.15) is 17.7 Å². The molecule has 0 fully saturated rings. The van der Waals surface area contributed by atoms with Crippen LogP contribution >= 0.6 is 0 Å². The minimum absolute atomic E-state index is 0.0296. The van der Waals surface area contributed by atoms with Gasteiger partial charge in [-0.15, -0.1) is 0 Å². The van der Waals surface area contributed by atoms with Crippen LogP contribution in [0.1, 0.15) is 106 Å². The molecule has 7 heteroatoms. The molecular formula is C29H49N3O4. The number of rotatable bonds is 10. The quantitative estimate of drug-likeness (QED) is 0.416. The summed E-state index contributed by atoms with van der Waals surface area (Å²) in [5, 5.41) is 5.90. The van der Waals surface area contributed by atoms with E-state index < -0.39 is 29.3 Å². The Hall–Kier alpha value is -2.57. The SMILES string of the molecule is CCCC(C)NC(=O)C(c1cccc(C)c1)N(C(=O)C(CC(C)C)NC(=O)OC(C)(C)C)C(C)(C)C. The van der Waals surface area contributed by atoms with Gasteiger partial charge in [0.2, 0.25) is 11.8 Å². The number of nitrogens with one attached hydrogen (secondary N) is 2. The first-order valence-electron chi connectivity index (χ1n) is 13.2. The van der Waals surface area contributed by atoms with Crippen LogP contribution in [0.2, 0.25) is 0 Å². The lowest BCUT2D eigenvalue weighted by Crippen LogP contribution is -2.59. The van der Waals surface area contributed by atoms with E-state index in [0.29, 0.717) is 6.42 Å². The molecule has 0 radical (unpaired) electrons. The van der Waals surface area contributed by atoms with E-state index in [1.165, 1.54) is 0 Å². The number of benzene rings is 1. The number of amides is 3. The van der Waals surface area contributed by atoms with E-state index >= 15 is 0 Å². The maximum Gasteiger partial charge on any atom is 0.408 e. The van der Waals surface area contributed by atoms with Crippen molar-refractivity contribution in [3.8, 4) is 0 Å². The molecule has 7 nitrogen and oxygen atoms in total. The van der Waals surface area contributed by atoms with Crippen molar-refractivity contribution in [2.24, 2.45) is 5.92 Å². The Labute approximate surface area is 218 Å². The summed E-state index contributed by atoms with van der Waals surface area (Å²) in [6, 6.07) is 5.96. The second kappa shape index (κ2) is 13.1. The molecule has 3 amide bonds. The first-order chi connectivity index (χ1) is 16.5. The largest absolute Gasteiger partial charge is 0.444 e. The van der Waals surface area contributed by atoms with Crippen LogP contribution in [0.4, 0.5) is 4.79 Å². The highest BCUT2D eigenvalue weighted by Gasteiger charge is 2.42. The molecule has 0 heterocycles. The monoisotopic (exact) mass is 503 g/mol. The highest BCUT2D eigenvalue weighted by Crippen LogP contribution is 2.31. The Morgan fingerprint density at radius 1 is 1.00 bits per heavy atom. The van der Waals surface area contributed by atoms with E-state index in [0.717, 1.165) is 24.0 Å². The van der Waals surface area contributed by atoms with Gasteiger partial charge in [0.25, 0.3) is 0 Å². The van der Waals surface area contributed by atoms with Gasteiger partial charge in [0, 0.05) is 11.6 Å². The van der Waals surface area contributed by atoms with E-state index in [4.69, 9.17) is 4.74 Å². The lowest BCUT2D eigenvalue weighted by atomic mass is 9.93. The van der Waals surface area contributed by atoms with E-state index in [9.17, 15) is 14.4 Å². The third-order valence-corrected chi connectivity index (χ3v) is 5.63. The number of hydrogen-bond donors (Lipinski definition) is 2. The fourth-order valence-corrected chi connectivity index (χ4v) is 4.24. The fraction of sp³-hybridized carbons (Fsp3) is 0.690. The summed E-state index contributed by atoms with van der Waals surface area (Å²) in [4.78, 5) is 42.3. The maximum atomic E-state index is 14.2. The molecule has 0 spiro atoms. The average Bonchev–Trinajstić information content (AvgIpc) is 2.68. The number of carbonyl (C=O) groups is 3. The topological polar surface area (TPSA) is 87.7 Å². The molecule has 0 aliphatic heterocycles. The number of hydrogen-bond acceptors (Lipinski definition) is 4. The zero-order valence-electron chi connectivity index (χ0n) is 24.3. The molecule has 3 unspecified atom stereocenters. The normalized spacial score (nSPS) is 14.6. The van der Waals surface area contributed by atoms with Crippen LogP contribution < -0.4 is 10.6 Å². The van der Waals surface area contributed by atoms with Gasteiger partial charge in [-0.2, -0.15) is 0 Å².